The molecule has 0 saturated carbocycles. The minimum absolute atomic E-state index is 0.364. The summed E-state index contributed by atoms with van der Waals surface area (Å²) < 4.78 is 7.21. The highest BCUT2D eigenvalue weighted by atomic mass is 79.9. The lowest BCUT2D eigenvalue weighted by molar-refractivity contribution is -0.0294. The predicted molar refractivity (Wildman–Crippen MR) is 80.4 cm³/mol. The van der Waals surface area contributed by atoms with Gasteiger partial charge in [-0.15, -0.1) is 0 Å². The lowest BCUT2D eigenvalue weighted by atomic mass is 9.96. The third-order valence-electron chi connectivity index (χ3n) is 3.40. The number of rotatable bonds is 6. The van der Waals surface area contributed by atoms with Crippen LogP contribution in [0.2, 0.25) is 0 Å². The Morgan fingerprint density at radius 2 is 1.94 bits per heavy atom. The van der Waals surface area contributed by atoms with Gasteiger partial charge in [-0.05, 0) is 35.2 Å². The molecule has 1 aromatic rings. The van der Waals surface area contributed by atoms with Gasteiger partial charge < -0.3 is 9.72 Å². The Morgan fingerprint density at radius 1 is 1.33 bits per heavy atom. The molecule has 1 N–H and O–H groups in total. The van der Waals surface area contributed by atoms with Crippen molar-refractivity contribution in [3.8, 4) is 0 Å². The minimum Gasteiger partial charge on any atom is -0.370 e. The van der Waals surface area contributed by atoms with E-state index in [9.17, 15) is 0 Å². The summed E-state index contributed by atoms with van der Waals surface area (Å²) in [5.41, 5.74) is 0.743. The van der Waals surface area contributed by atoms with Crippen molar-refractivity contribution in [1.29, 1.82) is 0 Å². The number of ether oxygens (including phenoxy) is 1. The zero-order valence-electron chi connectivity index (χ0n) is 11.5. The van der Waals surface area contributed by atoms with E-state index in [-0.39, 0.29) is 5.60 Å². The maximum absolute atomic E-state index is 5.69. The first kappa shape index (κ1) is 15.8. The number of aromatic amines is 1. The van der Waals surface area contributed by atoms with Gasteiger partial charge in [0.25, 0.3) is 0 Å². The second-order valence-corrected chi connectivity index (χ2v) is 5.52. The quantitative estimate of drug-likeness (QED) is 0.778. The van der Waals surface area contributed by atoms with Crippen LogP contribution in [0.4, 0.5) is 0 Å². The molecular weight excluding hydrogens is 312 g/mol. The average molecular weight is 333 g/mol. The SMILES string of the molecule is CCCc1[nH]c(C(CC)(CC)OC)nc(=S)c1Br. The Balaban J connectivity index is 3.37. The summed E-state index contributed by atoms with van der Waals surface area (Å²) in [6.45, 7) is 6.35. The molecule has 0 spiro atoms. The Morgan fingerprint density at radius 3 is 2.39 bits per heavy atom. The van der Waals surface area contributed by atoms with Crippen LogP contribution in [0.25, 0.3) is 0 Å². The highest BCUT2D eigenvalue weighted by Gasteiger charge is 2.31. The highest BCUT2D eigenvalue weighted by Crippen LogP contribution is 2.31. The first-order valence-electron chi connectivity index (χ1n) is 6.38. The van der Waals surface area contributed by atoms with Gasteiger partial charge in [-0.3, -0.25) is 0 Å². The van der Waals surface area contributed by atoms with Crippen LogP contribution in [0.15, 0.2) is 4.47 Å². The van der Waals surface area contributed by atoms with Crippen LogP contribution in [0.3, 0.4) is 0 Å². The fourth-order valence-electron chi connectivity index (χ4n) is 2.11. The zero-order valence-corrected chi connectivity index (χ0v) is 13.9. The molecule has 0 saturated heterocycles. The van der Waals surface area contributed by atoms with Gasteiger partial charge in [0.05, 0.1) is 4.47 Å². The van der Waals surface area contributed by atoms with Gasteiger partial charge in [0.15, 0.2) is 0 Å². The standard InChI is InChI=1S/C13H21BrN2OS/c1-5-8-9-10(14)11(18)16-12(15-9)13(6-2,7-3)17-4/h5-8H2,1-4H3,(H,15,16,18). The van der Waals surface area contributed by atoms with Gasteiger partial charge in [-0.2, -0.15) is 0 Å². The molecule has 0 atom stereocenters. The molecule has 5 heteroatoms. The molecule has 0 radical (unpaired) electrons. The molecule has 0 bridgehead atoms. The van der Waals surface area contributed by atoms with Crippen molar-refractivity contribution in [3.05, 3.63) is 20.6 Å². The molecule has 102 valence electrons. The van der Waals surface area contributed by atoms with Gasteiger partial charge in [-0.1, -0.05) is 39.4 Å². The predicted octanol–water partition coefficient (Wildman–Crippen LogP) is 4.52. The Labute approximate surface area is 122 Å². The normalized spacial score (nSPS) is 11.8. The van der Waals surface area contributed by atoms with Crippen LogP contribution in [0.1, 0.15) is 51.6 Å². The van der Waals surface area contributed by atoms with Crippen molar-refractivity contribution in [2.75, 3.05) is 7.11 Å². The van der Waals surface area contributed by atoms with E-state index in [0.717, 1.165) is 41.7 Å². The fourth-order valence-corrected chi connectivity index (χ4v) is 2.71. The summed E-state index contributed by atoms with van der Waals surface area (Å²) >= 11 is 8.83. The molecule has 1 rings (SSSR count). The van der Waals surface area contributed by atoms with Crippen molar-refractivity contribution >= 4 is 28.1 Å². The number of H-pyrrole nitrogens is 1. The van der Waals surface area contributed by atoms with Crippen LogP contribution in [-0.2, 0) is 16.8 Å². The maximum atomic E-state index is 5.69. The molecule has 0 aliphatic heterocycles. The second kappa shape index (κ2) is 6.78. The molecule has 1 heterocycles. The molecule has 0 amide bonds. The van der Waals surface area contributed by atoms with E-state index in [1.54, 1.807) is 7.11 Å². The third-order valence-corrected chi connectivity index (χ3v) is 4.81. The number of hydrogen-bond acceptors (Lipinski definition) is 3. The van der Waals surface area contributed by atoms with Crippen molar-refractivity contribution in [2.45, 2.75) is 52.1 Å². The maximum Gasteiger partial charge on any atom is 0.144 e. The molecule has 0 aliphatic rings. The number of aromatic nitrogens is 2. The van der Waals surface area contributed by atoms with Crippen LogP contribution in [-0.4, -0.2) is 17.1 Å². The van der Waals surface area contributed by atoms with Crippen molar-refractivity contribution in [2.24, 2.45) is 0 Å². The summed E-state index contributed by atoms with van der Waals surface area (Å²) in [5.74, 6) is 0.839. The van der Waals surface area contributed by atoms with E-state index in [4.69, 9.17) is 17.0 Å². The molecule has 0 unspecified atom stereocenters. The zero-order chi connectivity index (χ0) is 13.8. The van der Waals surface area contributed by atoms with Gasteiger partial charge in [-0.25, -0.2) is 4.98 Å². The number of hydrogen-bond donors (Lipinski definition) is 1. The Bertz CT molecular complexity index is 447. The van der Waals surface area contributed by atoms with Crippen molar-refractivity contribution in [3.63, 3.8) is 0 Å². The fraction of sp³-hybridized carbons (Fsp3) is 0.692. The van der Waals surface area contributed by atoms with Gasteiger partial charge >= 0.3 is 0 Å². The number of nitrogens with zero attached hydrogens (tertiary/aromatic N) is 1. The van der Waals surface area contributed by atoms with Crippen molar-refractivity contribution < 1.29 is 4.74 Å². The van der Waals surface area contributed by atoms with E-state index in [1.807, 2.05) is 0 Å². The van der Waals surface area contributed by atoms with Crippen LogP contribution in [0.5, 0.6) is 0 Å². The Hall–Kier alpha value is -0.260. The number of methoxy groups -OCH3 is 1. The van der Waals surface area contributed by atoms with Gasteiger partial charge in [0.2, 0.25) is 0 Å². The molecule has 18 heavy (non-hydrogen) atoms. The smallest absolute Gasteiger partial charge is 0.144 e. The lowest BCUT2D eigenvalue weighted by Crippen LogP contribution is -2.30. The van der Waals surface area contributed by atoms with Crippen LogP contribution < -0.4 is 0 Å². The Kier molecular flexibility index (Phi) is 5.95. The first-order valence-corrected chi connectivity index (χ1v) is 7.59. The van der Waals surface area contributed by atoms with E-state index in [0.29, 0.717) is 4.64 Å². The lowest BCUT2D eigenvalue weighted by Gasteiger charge is -2.29. The summed E-state index contributed by atoms with van der Waals surface area (Å²) in [6.07, 6.45) is 3.75. The molecule has 0 fully saturated rings. The molecule has 0 aromatic carbocycles. The largest absolute Gasteiger partial charge is 0.370 e. The van der Waals surface area contributed by atoms with E-state index in [2.05, 4.69) is 46.7 Å². The molecule has 1 aromatic heterocycles. The topological polar surface area (TPSA) is 37.9 Å². The molecular formula is C13H21BrN2OS. The van der Waals surface area contributed by atoms with E-state index >= 15 is 0 Å². The van der Waals surface area contributed by atoms with Crippen molar-refractivity contribution in [1.82, 2.24) is 9.97 Å². The van der Waals surface area contributed by atoms with E-state index < -0.39 is 0 Å². The minimum atomic E-state index is -0.364. The number of aryl methyl sites for hydroxylation is 1. The summed E-state index contributed by atoms with van der Waals surface area (Å²) in [6, 6.07) is 0. The van der Waals surface area contributed by atoms with Gasteiger partial charge in [0, 0.05) is 12.8 Å². The molecule has 3 nitrogen and oxygen atoms in total. The first-order chi connectivity index (χ1) is 8.54. The summed E-state index contributed by atoms with van der Waals surface area (Å²) in [7, 11) is 1.73. The molecule has 0 aliphatic carbocycles. The highest BCUT2D eigenvalue weighted by molar-refractivity contribution is 9.10. The second-order valence-electron chi connectivity index (χ2n) is 4.34. The van der Waals surface area contributed by atoms with Gasteiger partial charge in [0.1, 0.15) is 16.1 Å². The van der Waals surface area contributed by atoms with E-state index in [1.165, 1.54) is 0 Å². The number of halogens is 1. The summed E-state index contributed by atoms with van der Waals surface area (Å²) in [4.78, 5) is 7.89. The average Bonchev–Trinajstić information content (AvgIpc) is 2.38. The van der Waals surface area contributed by atoms with Crippen LogP contribution >= 0.6 is 28.1 Å². The third kappa shape index (κ3) is 3.00. The summed E-state index contributed by atoms with van der Waals surface area (Å²) in [5, 5.41) is 0. The number of nitrogens with one attached hydrogen (secondary N) is 1. The van der Waals surface area contributed by atoms with Crippen LogP contribution in [0, 0.1) is 4.64 Å². The monoisotopic (exact) mass is 332 g/mol.